The second-order valence-corrected chi connectivity index (χ2v) is 14.3. The molecule has 0 spiro atoms. The first-order valence-electron chi connectivity index (χ1n) is 17.1. The molecule has 1 aromatic heterocycles. The van der Waals surface area contributed by atoms with Gasteiger partial charge in [0.05, 0.1) is 11.7 Å². The lowest BCUT2D eigenvalue weighted by Crippen LogP contribution is -2.32. The molecule has 1 aliphatic rings. The molecule has 0 aliphatic heterocycles. The van der Waals surface area contributed by atoms with Crippen molar-refractivity contribution in [3.05, 3.63) is 119 Å². The summed E-state index contributed by atoms with van der Waals surface area (Å²) >= 11 is 0. The number of rotatable bonds is 10. The van der Waals surface area contributed by atoms with Crippen LogP contribution in [0.4, 0.5) is 29.3 Å². The van der Waals surface area contributed by atoms with Crippen molar-refractivity contribution in [1.29, 1.82) is 0 Å². The van der Waals surface area contributed by atoms with Gasteiger partial charge in [0.2, 0.25) is 0 Å². The number of benzene rings is 4. The Labute approximate surface area is 301 Å². The first-order valence-corrected chi connectivity index (χ1v) is 17.1. The summed E-state index contributed by atoms with van der Waals surface area (Å²) in [5.74, 6) is -0.759. The van der Waals surface area contributed by atoms with Crippen LogP contribution in [0.25, 0.3) is 16.5 Å². The van der Waals surface area contributed by atoms with Crippen molar-refractivity contribution in [1.82, 2.24) is 20.0 Å². The Morgan fingerprint density at radius 3 is 2.29 bits per heavy atom. The van der Waals surface area contributed by atoms with E-state index in [1.54, 1.807) is 51.1 Å². The molecule has 1 saturated carbocycles. The fourth-order valence-electron chi connectivity index (χ4n) is 6.41. The first-order chi connectivity index (χ1) is 24.6. The molecule has 4 aromatic carbocycles. The molecular weight excluding hydrogens is 669 g/mol. The number of alkyl halides is 3. The molecule has 0 radical (unpaired) electrons. The van der Waals surface area contributed by atoms with Gasteiger partial charge < -0.3 is 20.3 Å². The van der Waals surface area contributed by atoms with Crippen LogP contribution in [0.15, 0.2) is 91.0 Å². The Morgan fingerprint density at radius 2 is 1.62 bits per heavy atom. The number of halogens is 3. The van der Waals surface area contributed by atoms with Crippen LogP contribution in [0.2, 0.25) is 0 Å². The molecule has 52 heavy (non-hydrogen) atoms. The van der Waals surface area contributed by atoms with E-state index in [0.717, 1.165) is 51.2 Å². The number of amides is 2. The maximum Gasteiger partial charge on any atom is 0.435 e. The average molecular weight is 713 g/mol. The number of aromatic nitrogens is 2. The third-order valence-electron chi connectivity index (χ3n) is 8.92. The van der Waals surface area contributed by atoms with Crippen LogP contribution in [0.1, 0.15) is 72.5 Å². The van der Waals surface area contributed by atoms with E-state index >= 15 is 0 Å². The molecule has 1 aliphatic carbocycles. The second kappa shape index (κ2) is 14.3. The number of ether oxygens (including phenoxy) is 1. The van der Waals surface area contributed by atoms with Gasteiger partial charge in [0, 0.05) is 49.5 Å². The van der Waals surface area contributed by atoms with E-state index in [0.29, 0.717) is 17.3 Å². The lowest BCUT2D eigenvalue weighted by Gasteiger charge is -2.31. The Morgan fingerprint density at radius 1 is 0.904 bits per heavy atom. The van der Waals surface area contributed by atoms with Crippen molar-refractivity contribution < 1.29 is 27.5 Å². The van der Waals surface area contributed by atoms with Crippen LogP contribution in [0.3, 0.4) is 0 Å². The monoisotopic (exact) mass is 712 g/mol. The summed E-state index contributed by atoms with van der Waals surface area (Å²) in [5.41, 5.74) is 2.18. The molecule has 1 heterocycles. The van der Waals surface area contributed by atoms with Crippen molar-refractivity contribution in [2.75, 3.05) is 31.4 Å². The summed E-state index contributed by atoms with van der Waals surface area (Å²) < 4.78 is 48.1. The predicted molar refractivity (Wildman–Crippen MR) is 197 cm³/mol. The minimum absolute atomic E-state index is 0.0497. The van der Waals surface area contributed by atoms with E-state index in [1.165, 1.54) is 0 Å². The van der Waals surface area contributed by atoms with Crippen LogP contribution >= 0.6 is 0 Å². The Hall–Kier alpha value is -5.36. The highest BCUT2D eigenvalue weighted by atomic mass is 19.4. The van der Waals surface area contributed by atoms with Crippen molar-refractivity contribution in [2.24, 2.45) is 0 Å². The second-order valence-electron chi connectivity index (χ2n) is 14.3. The van der Waals surface area contributed by atoms with Crippen molar-refractivity contribution in [3.63, 3.8) is 0 Å². The minimum atomic E-state index is -4.79. The largest absolute Gasteiger partial charge is 0.444 e. The molecule has 0 saturated heterocycles. The van der Waals surface area contributed by atoms with E-state index in [9.17, 15) is 22.8 Å². The summed E-state index contributed by atoms with van der Waals surface area (Å²) in [6, 6.07) is 27.5. The first kappa shape index (κ1) is 36.4. The molecule has 272 valence electrons. The Bertz CT molecular complexity index is 2100. The molecule has 0 bridgehead atoms. The zero-order valence-corrected chi connectivity index (χ0v) is 30.1. The molecular formula is C40H43F3N6O3. The summed E-state index contributed by atoms with van der Waals surface area (Å²) in [6.07, 6.45) is -3.26. The van der Waals surface area contributed by atoms with Crippen LogP contribution in [-0.4, -0.2) is 59.5 Å². The number of nitrogens with one attached hydrogen (secondary N) is 2. The maximum atomic E-state index is 14.0. The number of hydrogen-bond donors (Lipinski definition) is 2. The normalized spacial score (nSPS) is 14.0. The Balaban J connectivity index is 1.32. The van der Waals surface area contributed by atoms with Gasteiger partial charge in [-0.05, 0) is 93.1 Å². The third-order valence-corrected chi connectivity index (χ3v) is 8.92. The molecule has 2 N–H and O–H groups in total. The van der Waals surface area contributed by atoms with Gasteiger partial charge in [-0.25, -0.2) is 9.48 Å². The SMILES string of the molecule is CN(C)c1ccc(C(c2cccc(NC(=O)c3cc(C(F)(F)F)nn3-c3cccc(CNC(=O)OC(C)(C)C)c3)c2)N(C)C2CC2)c2ccccc12. The van der Waals surface area contributed by atoms with Crippen LogP contribution in [0.5, 0.6) is 0 Å². The highest BCUT2D eigenvalue weighted by Gasteiger charge is 2.37. The number of nitrogens with zero attached hydrogens (tertiary/aromatic N) is 4. The van der Waals surface area contributed by atoms with Gasteiger partial charge >= 0.3 is 12.3 Å². The lowest BCUT2D eigenvalue weighted by atomic mass is 9.91. The van der Waals surface area contributed by atoms with E-state index in [4.69, 9.17) is 4.74 Å². The zero-order chi connectivity index (χ0) is 37.4. The molecule has 6 rings (SSSR count). The van der Waals surface area contributed by atoms with E-state index < -0.39 is 29.5 Å². The summed E-state index contributed by atoms with van der Waals surface area (Å²) in [4.78, 5) is 30.5. The Kier molecular flexibility index (Phi) is 10.0. The van der Waals surface area contributed by atoms with Crippen molar-refractivity contribution in [2.45, 2.75) is 64.0 Å². The summed E-state index contributed by atoms with van der Waals surface area (Å²) in [5, 5.41) is 11.5. The van der Waals surface area contributed by atoms with Gasteiger partial charge in [-0.3, -0.25) is 9.69 Å². The van der Waals surface area contributed by atoms with Gasteiger partial charge in [0.1, 0.15) is 11.3 Å². The van der Waals surface area contributed by atoms with Gasteiger partial charge in [-0.1, -0.05) is 54.6 Å². The minimum Gasteiger partial charge on any atom is -0.444 e. The highest BCUT2D eigenvalue weighted by molar-refractivity contribution is 6.03. The quantitative estimate of drug-likeness (QED) is 0.151. The van der Waals surface area contributed by atoms with Crippen molar-refractivity contribution >= 4 is 34.1 Å². The fraction of sp³-hybridized carbons (Fsp3) is 0.325. The molecule has 9 nitrogen and oxygen atoms in total. The summed E-state index contributed by atoms with van der Waals surface area (Å²) in [7, 11) is 6.15. The number of fused-ring (bicyclic) bond motifs is 1. The number of carbonyl (C=O) groups is 2. The topological polar surface area (TPSA) is 91.7 Å². The highest BCUT2D eigenvalue weighted by Crippen LogP contribution is 2.41. The van der Waals surface area contributed by atoms with Gasteiger partial charge in [-0.15, -0.1) is 0 Å². The fourth-order valence-corrected chi connectivity index (χ4v) is 6.41. The zero-order valence-electron chi connectivity index (χ0n) is 30.1. The number of alkyl carbamates (subject to hydrolysis) is 1. The average Bonchev–Trinajstić information content (AvgIpc) is 3.83. The molecule has 1 fully saturated rings. The van der Waals surface area contributed by atoms with Crippen LogP contribution in [-0.2, 0) is 17.5 Å². The predicted octanol–water partition coefficient (Wildman–Crippen LogP) is 8.57. The molecule has 1 unspecified atom stereocenters. The molecule has 1 atom stereocenters. The molecule has 2 amide bonds. The van der Waals surface area contributed by atoms with Gasteiger partial charge in [0.25, 0.3) is 5.91 Å². The van der Waals surface area contributed by atoms with E-state index in [-0.39, 0.29) is 24.0 Å². The van der Waals surface area contributed by atoms with Crippen molar-refractivity contribution in [3.8, 4) is 5.69 Å². The molecule has 5 aromatic rings. The number of anilines is 2. The molecule has 12 heteroatoms. The standard InChI is InChI=1S/C40H43F3N6O3/c1-39(2,3)52-38(51)44-24-25-11-9-14-29(21-25)49-34(23-35(46-49)40(41,42)43)37(50)45-27-13-10-12-26(22-27)36(48(6)28-17-18-28)32-19-20-33(47(4)5)31-16-8-7-15-30(31)32/h7-16,19-23,28,36H,17-18,24H2,1-6H3,(H,44,51)(H,45,50). The lowest BCUT2D eigenvalue weighted by molar-refractivity contribution is -0.141. The summed E-state index contributed by atoms with van der Waals surface area (Å²) in [6.45, 7) is 5.27. The van der Waals surface area contributed by atoms with Gasteiger partial charge in [0.15, 0.2) is 5.69 Å². The number of carbonyl (C=O) groups excluding carboxylic acids is 2. The van der Waals surface area contributed by atoms with Crippen LogP contribution < -0.4 is 15.5 Å². The maximum absolute atomic E-state index is 14.0. The third kappa shape index (κ3) is 8.23. The van der Waals surface area contributed by atoms with Crippen LogP contribution in [0, 0.1) is 0 Å². The van der Waals surface area contributed by atoms with E-state index in [2.05, 4.69) is 56.8 Å². The van der Waals surface area contributed by atoms with Gasteiger partial charge in [-0.2, -0.15) is 18.3 Å². The smallest absolute Gasteiger partial charge is 0.435 e. The number of hydrogen-bond acceptors (Lipinski definition) is 6. The van der Waals surface area contributed by atoms with E-state index in [1.807, 2.05) is 44.4 Å².